The molecular weight excluding hydrogens is 483 g/mol. The quantitative estimate of drug-likeness (QED) is 0.320. The highest BCUT2D eigenvalue weighted by Crippen LogP contribution is 2.38. The van der Waals surface area contributed by atoms with Gasteiger partial charge in [0.15, 0.2) is 27.5 Å². The van der Waals surface area contributed by atoms with Crippen LogP contribution >= 0.6 is 0 Å². The monoisotopic (exact) mass is 510 g/mol. The SMILES string of the molecule is CC(C)(OC1CCCCO1)c1nccc(-c2ccnc3cc(-c4ccc(S(C)(=O)=O)cc4)oc23)c1F. The summed E-state index contributed by atoms with van der Waals surface area (Å²) >= 11 is 0. The number of benzene rings is 1. The van der Waals surface area contributed by atoms with Gasteiger partial charge in [0.25, 0.3) is 0 Å². The molecule has 0 radical (unpaired) electrons. The molecule has 1 fully saturated rings. The van der Waals surface area contributed by atoms with Crippen molar-refractivity contribution >= 4 is 20.9 Å². The second kappa shape index (κ2) is 9.38. The van der Waals surface area contributed by atoms with E-state index in [0.717, 1.165) is 25.5 Å². The maximum Gasteiger partial charge on any atom is 0.175 e. The normalized spacial score (nSPS) is 16.9. The van der Waals surface area contributed by atoms with Gasteiger partial charge in [-0.3, -0.25) is 9.97 Å². The Kier molecular flexibility index (Phi) is 6.40. The Bertz CT molecular complexity index is 1510. The lowest BCUT2D eigenvalue weighted by Crippen LogP contribution is -2.33. The average molecular weight is 511 g/mol. The number of aromatic nitrogens is 2. The second-order valence-corrected chi connectivity index (χ2v) is 11.4. The molecule has 1 aliphatic heterocycles. The van der Waals surface area contributed by atoms with E-state index in [9.17, 15) is 8.42 Å². The molecule has 7 nitrogen and oxygen atoms in total. The molecule has 4 aromatic rings. The number of hydrogen-bond acceptors (Lipinski definition) is 7. The average Bonchev–Trinajstić information content (AvgIpc) is 3.29. The molecule has 0 bridgehead atoms. The van der Waals surface area contributed by atoms with Crippen molar-refractivity contribution in [3.05, 3.63) is 66.4 Å². The van der Waals surface area contributed by atoms with E-state index in [-0.39, 0.29) is 10.6 Å². The molecule has 1 saturated heterocycles. The summed E-state index contributed by atoms with van der Waals surface area (Å²) < 4.78 is 57.4. The third-order valence-electron chi connectivity index (χ3n) is 6.29. The largest absolute Gasteiger partial charge is 0.454 e. The molecule has 0 N–H and O–H groups in total. The summed E-state index contributed by atoms with van der Waals surface area (Å²) in [4.78, 5) is 8.91. The van der Waals surface area contributed by atoms with Crippen molar-refractivity contribution in [2.75, 3.05) is 12.9 Å². The highest BCUT2D eigenvalue weighted by molar-refractivity contribution is 7.90. The minimum Gasteiger partial charge on any atom is -0.454 e. The van der Waals surface area contributed by atoms with E-state index in [0.29, 0.717) is 40.2 Å². The van der Waals surface area contributed by atoms with Gasteiger partial charge in [-0.15, -0.1) is 0 Å². The first-order valence-electron chi connectivity index (χ1n) is 11.8. The zero-order valence-electron chi connectivity index (χ0n) is 20.3. The van der Waals surface area contributed by atoms with E-state index in [2.05, 4.69) is 9.97 Å². The molecule has 0 amide bonds. The molecule has 0 spiro atoms. The minimum atomic E-state index is -3.31. The Hall–Kier alpha value is -3.14. The zero-order chi connectivity index (χ0) is 25.5. The van der Waals surface area contributed by atoms with E-state index >= 15 is 4.39 Å². The van der Waals surface area contributed by atoms with Gasteiger partial charge in [0, 0.05) is 48.0 Å². The Balaban J connectivity index is 1.52. The van der Waals surface area contributed by atoms with E-state index in [1.165, 1.54) is 12.1 Å². The highest BCUT2D eigenvalue weighted by atomic mass is 32.2. The lowest BCUT2D eigenvalue weighted by Gasteiger charge is -2.32. The maximum atomic E-state index is 15.9. The molecule has 188 valence electrons. The van der Waals surface area contributed by atoms with Crippen molar-refractivity contribution in [3.63, 3.8) is 0 Å². The van der Waals surface area contributed by atoms with Crippen LogP contribution in [0.5, 0.6) is 0 Å². The predicted octanol–water partition coefficient (Wildman–Crippen LogP) is 5.88. The number of ether oxygens (including phenoxy) is 2. The van der Waals surface area contributed by atoms with Gasteiger partial charge < -0.3 is 13.9 Å². The molecule has 36 heavy (non-hydrogen) atoms. The summed E-state index contributed by atoms with van der Waals surface area (Å²) in [6, 6.07) is 11.4. The topological polar surface area (TPSA) is 91.5 Å². The Morgan fingerprint density at radius 1 is 1.03 bits per heavy atom. The number of furan rings is 1. The molecule has 1 aromatic carbocycles. The first kappa shape index (κ1) is 24.5. The summed E-state index contributed by atoms with van der Waals surface area (Å²) in [5.74, 6) is -0.000867. The molecule has 1 unspecified atom stereocenters. The van der Waals surface area contributed by atoms with E-state index in [1.807, 2.05) is 0 Å². The van der Waals surface area contributed by atoms with Crippen LogP contribution in [0.2, 0.25) is 0 Å². The predicted molar refractivity (Wildman–Crippen MR) is 133 cm³/mol. The second-order valence-electron chi connectivity index (χ2n) is 9.43. The van der Waals surface area contributed by atoms with Crippen LogP contribution in [0.25, 0.3) is 33.6 Å². The number of hydrogen-bond donors (Lipinski definition) is 0. The number of sulfone groups is 1. The van der Waals surface area contributed by atoms with Gasteiger partial charge in [-0.05, 0) is 69.5 Å². The third kappa shape index (κ3) is 4.78. The van der Waals surface area contributed by atoms with Gasteiger partial charge >= 0.3 is 0 Å². The first-order chi connectivity index (χ1) is 17.1. The standard InChI is InChI=1S/C27H27FN2O5S/c1-27(2,35-23-6-4-5-15-33-23)26-24(28)19(11-14-30-26)20-12-13-29-21-16-22(34-25(20)21)17-7-9-18(10-8-17)36(3,31)32/h7-14,16,23H,4-6,15H2,1-3H3. The number of halogens is 1. The molecule has 0 saturated carbocycles. The molecule has 9 heteroatoms. The minimum absolute atomic E-state index is 0.183. The highest BCUT2D eigenvalue weighted by Gasteiger charge is 2.33. The molecule has 0 aliphatic carbocycles. The van der Waals surface area contributed by atoms with Gasteiger partial charge in [-0.25, -0.2) is 12.8 Å². The molecular formula is C27H27FN2O5S. The summed E-state index contributed by atoms with van der Waals surface area (Å²) in [7, 11) is -3.31. The van der Waals surface area contributed by atoms with Crippen LogP contribution in [-0.2, 0) is 24.9 Å². The van der Waals surface area contributed by atoms with Crippen molar-refractivity contribution in [2.24, 2.45) is 0 Å². The van der Waals surface area contributed by atoms with Crippen molar-refractivity contribution in [2.45, 2.75) is 49.9 Å². The van der Waals surface area contributed by atoms with Crippen molar-refractivity contribution in [3.8, 4) is 22.5 Å². The third-order valence-corrected chi connectivity index (χ3v) is 7.42. The van der Waals surface area contributed by atoms with Crippen LogP contribution in [0.3, 0.4) is 0 Å². The van der Waals surface area contributed by atoms with E-state index < -0.39 is 27.5 Å². The molecule has 5 rings (SSSR count). The number of rotatable bonds is 6. The van der Waals surface area contributed by atoms with Crippen LogP contribution in [0.15, 0.2) is 64.2 Å². The zero-order valence-corrected chi connectivity index (χ0v) is 21.1. The van der Waals surface area contributed by atoms with Gasteiger partial charge in [-0.2, -0.15) is 0 Å². The van der Waals surface area contributed by atoms with E-state index in [1.54, 1.807) is 56.6 Å². The lowest BCUT2D eigenvalue weighted by atomic mass is 9.98. The Labute approximate surface area is 209 Å². The number of fused-ring (bicyclic) bond motifs is 1. The summed E-state index contributed by atoms with van der Waals surface area (Å²) in [6.07, 6.45) is 6.67. The smallest absolute Gasteiger partial charge is 0.175 e. The number of pyridine rings is 2. The first-order valence-corrected chi connectivity index (χ1v) is 13.7. The Morgan fingerprint density at radius 3 is 2.44 bits per heavy atom. The fourth-order valence-corrected chi connectivity index (χ4v) is 5.05. The fourth-order valence-electron chi connectivity index (χ4n) is 4.42. The van der Waals surface area contributed by atoms with Gasteiger partial charge in [-0.1, -0.05) is 0 Å². The molecule has 4 heterocycles. The van der Waals surface area contributed by atoms with Crippen LogP contribution in [0.4, 0.5) is 4.39 Å². The summed E-state index contributed by atoms with van der Waals surface area (Å²) in [6.45, 7) is 4.20. The van der Waals surface area contributed by atoms with Crippen molar-refractivity contribution < 1.29 is 26.7 Å². The van der Waals surface area contributed by atoms with Crippen LogP contribution in [0, 0.1) is 5.82 Å². The maximum absolute atomic E-state index is 15.9. The van der Waals surface area contributed by atoms with Crippen LogP contribution in [0.1, 0.15) is 38.8 Å². The molecule has 3 aromatic heterocycles. The molecule has 1 atom stereocenters. The molecule has 1 aliphatic rings. The van der Waals surface area contributed by atoms with Gasteiger partial charge in [0.05, 0.1) is 4.90 Å². The van der Waals surface area contributed by atoms with Gasteiger partial charge in [0.2, 0.25) is 0 Å². The van der Waals surface area contributed by atoms with E-state index in [4.69, 9.17) is 13.9 Å². The Morgan fingerprint density at radius 2 is 1.75 bits per heavy atom. The summed E-state index contributed by atoms with van der Waals surface area (Å²) in [5, 5.41) is 0. The fraction of sp³-hybridized carbons (Fsp3) is 0.333. The van der Waals surface area contributed by atoms with Gasteiger partial charge in [0.1, 0.15) is 22.6 Å². The lowest BCUT2D eigenvalue weighted by molar-refractivity contribution is -0.220. The number of nitrogens with zero attached hydrogens (tertiary/aromatic N) is 2. The summed E-state index contributed by atoms with van der Waals surface area (Å²) in [5.41, 5.74) is 1.69. The van der Waals surface area contributed by atoms with Crippen LogP contribution in [-0.4, -0.2) is 37.5 Å². The van der Waals surface area contributed by atoms with Crippen molar-refractivity contribution in [1.29, 1.82) is 0 Å². The van der Waals surface area contributed by atoms with Crippen LogP contribution < -0.4 is 0 Å². The van der Waals surface area contributed by atoms with Crippen molar-refractivity contribution in [1.82, 2.24) is 9.97 Å².